The van der Waals surface area contributed by atoms with Crippen LogP contribution >= 0.6 is 11.6 Å². The third-order valence-electron chi connectivity index (χ3n) is 6.52. The molecule has 2 heterocycles. The van der Waals surface area contributed by atoms with Crippen molar-refractivity contribution in [3.8, 4) is 11.8 Å². The molecule has 0 unspecified atom stereocenters. The molecule has 38 heavy (non-hydrogen) atoms. The summed E-state index contributed by atoms with van der Waals surface area (Å²) in [5.74, 6) is 5.98. The van der Waals surface area contributed by atoms with Crippen LogP contribution in [-0.4, -0.2) is 90.8 Å². The van der Waals surface area contributed by atoms with Crippen molar-refractivity contribution in [2.75, 3.05) is 60.1 Å². The summed E-state index contributed by atoms with van der Waals surface area (Å²) in [5, 5.41) is 10.2. The molecule has 1 saturated heterocycles. The molecule has 1 aliphatic rings. The molecule has 0 radical (unpaired) electrons. The van der Waals surface area contributed by atoms with E-state index in [9.17, 15) is 9.59 Å². The lowest BCUT2D eigenvalue weighted by Gasteiger charge is -2.26. The van der Waals surface area contributed by atoms with Crippen molar-refractivity contribution in [1.82, 2.24) is 19.7 Å². The van der Waals surface area contributed by atoms with E-state index in [2.05, 4.69) is 21.7 Å². The number of hydrogen-bond donors (Lipinski definition) is 2. The van der Waals surface area contributed by atoms with E-state index in [-0.39, 0.29) is 23.5 Å². The van der Waals surface area contributed by atoms with Gasteiger partial charge in [-0.2, -0.15) is 0 Å². The first kappa shape index (κ1) is 27.8. The normalized spacial score (nSPS) is 13.9. The van der Waals surface area contributed by atoms with Gasteiger partial charge in [0.1, 0.15) is 5.56 Å². The Bertz CT molecular complexity index is 1390. The van der Waals surface area contributed by atoms with Gasteiger partial charge in [0, 0.05) is 61.9 Å². The molecule has 0 aliphatic carbocycles. The van der Waals surface area contributed by atoms with Crippen LogP contribution in [0.3, 0.4) is 0 Å². The maximum atomic E-state index is 13.6. The molecule has 0 spiro atoms. The zero-order valence-corrected chi connectivity index (χ0v) is 22.6. The second kappa shape index (κ2) is 13.1. The molecule has 3 aromatic rings. The maximum Gasteiger partial charge on any atom is 0.259 e. The summed E-state index contributed by atoms with van der Waals surface area (Å²) in [5.41, 5.74) is 2.94. The van der Waals surface area contributed by atoms with Gasteiger partial charge < -0.3 is 19.7 Å². The Morgan fingerprint density at radius 1 is 1.16 bits per heavy atom. The Hall–Kier alpha value is -3.19. The fourth-order valence-electron chi connectivity index (χ4n) is 4.42. The Morgan fingerprint density at radius 3 is 2.61 bits per heavy atom. The number of aliphatic hydroxyl groups excluding tert-OH is 1. The first-order valence-corrected chi connectivity index (χ1v) is 13.0. The van der Waals surface area contributed by atoms with Crippen molar-refractivity contribution in [3.05, 3.63) is 80.1 Å². The number of fused-ring (bicyclic) bond motifs is 1. The fourth-order valence-corrected chi connectivity index (χ4v) is 4.54. The van der Waals surface area contributed by atoms with E-state index in [1.54, 1.807) is 19.2 Å². The number of aromatic nitrogens is 1. The number of likely N-dealkylation sites (N-methyl/N-ethyl adjacent to an activating group) is 1. The lowest BCUT2D eigenvalue weighted by atomic mass is 10.0. The lowest BCUT2D eigenvalue weighted by molar-refractivity contribution is 0.0342. The molecule has 0 atom stereocenters. The Balaban J connectivity index is 1.68. The Kier molecular flexibility index (Phi) is 9.56. The molecule has 1 amide bonds. The summed E-state index contributed by atoms with van der Waals surface area (Å²) < 4.78 is 5.47. The average Bonchev–Trinajstić information content (AvgIpc) is 2.91. The second-order valence-corrected chi connectivity index (χ2v) is 9.97. The van der Waals surface area contributed by atoms with Gasteiger partial charge in [-0.15, -0.1) is 0 Å². The van der Waals surface area contributed by atoms with Crippen LogP contribution in [0.4, 0.5) is 0 Å². The summed E-state index contributed by atoms with van der Waals surface area (Å²) in [6, 6.07) is 11.1. The quantitative estimate of drug-likeness (QED) is 0.430. The third-order valence-corrected chi connectivity index (χ3v) is 6.77. The molecule has 1 fully saturated rings. The van der Waals surface area contributed by atoms with Gasteiger partial charge in [-0.3, -0.25) is 19.4 Å². The zero-order chi connectivity index (χ0) is 27.1. The van der Waals surface area contributed by atoms with Gasteiger partial charge in [0.25, 0.3) is 5.91 Å². The van der Waals surface area contributed by atoms with Crippen LogP contribution in [0.25, 0.3) is 10.9 Å². The Morgan fingerprint density at radius 2 is 1.89 bits per heavy atom. The number of morpholine rings is 1. The SMILES string of the molecule is CN(CC#Cc1cc(CN2CCOCC2)cc2c(=O)c(C(=O)N(C)Cc3ccc(Cl)cc3)c[nH]c12)CCO. The summed E-state index contributed by atoms with van der Waals surface area (Å²) in [6.45, 7) is 5.06. The molecule has 1 aliphatic heterocycles. The highest BCUT2D eigenvalue weighted by Gasteiger charge is 2.20. The van der Waals surface area contributed by atoms with Gasteiger partial charge in [-0.05, 0) is 42.4 Å². The molecule has 0 bridgehead atoms. The molecule has 8 nitrogen and oxygen atoms in total. The number of H-pyrrole nitrogens is 1. The van der Waals surface area contributed by atoms with Crippen molar-refractivity contribution in [3.63, 3.8) is 0 Å². The van der Waals surface area contributed by atoms with Gasteiger partial charge in [0.2, 0.25) is 5.43 Å². The number of hydrogen-bond acceptors (Lipinski definition) is 6. The molecule has 1 aromatic heterocycles. The smallest absolute Gasteiger partial charge is 0.259 e. The number of carbonyl (C=O) groups excluding carboxylic acids is 1. The Labute approximate surface area is 227 Å². The molecule has 200 valence electrons. The number of aromatic amines is 1. The second-order valence-electron chi connectivity index (χ2n) is 9.54. The largest absolute Gasteiger partial charge is 0.395 e. The summed E-state index contributed by atoms with van der Waals surface area (Å²) in [7, 11) is 3.56. The van der Waals surface area contributed by atoms with Crippen LogP contribution in [0.15, 0.2) is 47.4 Å². The van der Waals surface area contributed by atoms with E-state index in [1.165, 1.54) is 11.1 Å². The minimum absolute atomic E-state index is 0.0622. The summed E-state index contributed by atoms with van der Waals surface area (Å²) in [4.78, 5) is 35.8. The van der Waals surface area contributed by atoms with Crippen LogP contribution in [0.2, 0.25) is 5.02 Å². The van der Waals surface area contributed by atoms with E-state index in [0.717, 1.165) is 24.2 Å². The molecule has 2 aromatic carbocycles. The van der Waals surface area contributed by atoms with Crippen molar-refractivity contribution >= 4 is 28.4 Å². The molecular formula is C29H33ClN4O4. The number of nitrogens with one attached hydrogen (secondary N) is 1. The van der Waals surface area contributed by atoms with Crippen LogP contribution in [0.5, 0.6) is 0 Å². The van der Waals surface area contributed by atoms with Crippen molar-refractivity contribution in [2.24, 2.45) is 0 Å². The third kappa shape index (κ3) is 7.01. The van der Waals surface area contributed by atoms with Gasteiger partial charge in [0.15, 0.2) is 0 Å². The standard InChI is InChI=1S/C29H33ClN4O4/c1-32(10-13-35)9-3-4-23-16-22(20-34-11-14-38-15-12-34)17-25-27(23)31-18-26(28(25)36)29(37)33(2)19-21-5-7-24(30)8-6-21/h5-8,16-18,35H,9-15,19-20H2,1-2H3,(H,31,36). The number of nitrogens with zero attached hydrogens (tertiary/aromatic N) is 3. The number of pyridine rings is 1. The van der Waals surface area contributed by atoms with Crippen LogP contribution in [0, 0.1) is 11.8 Å². The number of benzene rings is 2. The number of carbonyl (C=O) groups is 1. The molecule has 4 rings (SSSR count). The lowest BCUT2D eigenvalue weighted by Crippen LogP contribution is -2.35. The number of rotatable bonds is 8. The zero-order valence-electron chi connectivity index (χ0n) is 21.8. The fraction of sp³-hybridized carbons (Fsp3) is 0.379. The average molecular weight is 537 g/mol. The predicted molar refractivity (Wildman–Crippen MR) is 149 cm³/mol. The first-order chi connectivity index (χ1) is 18.4. The van der Waals surface area contributed by atoms with Gasteiger partial charge in [-0.1, -0.05) is 35.6 Å². The minimum atomic E-state index is -0.361. The van der Waals surface area contributed by atoms with Gasteiger partial charge in [-0.25, -0.2) is 0 Å². The molecule has 9 heteroatoms. The minimum Gasteiger partial charge on any atom is -0.395 e. The van der Waals surface area contributed by atoms with Crippen LogP contribution < -0.4 is 5.43 Å². The number of aliphatic hydroxyl groups is 1. The van der Waals surface area contributed by atoms with Gasteiger partial charge in [0.05, 0.1) is 31.9 Å². The number of amides is 1. The van der Waals surface area contributed by atoms with E-state index in [1.807, 2.05) is 36.2 Å². The van der Waals surface area contributed by atoms with E-state index < -0.39 is 0 Å². The van der Waals surface area contributed by atoms with Crippen molar-refractivity contribution in [1.29, 1.82) is 0 Å². The molecular weight excluding hydrogens is 504 g/mol. The highest BCUT2D eigenvalue weighted by molar-refractivity contribution is 6.30. The predicted octanol–water partition coefficient (Wildman–Crippen LogP) is 2.56. The van der Waals surface area contributed by atoms with Crippen molar-refractivity contribution in [2.45, 2.75) is 13.1 Å². The number of ether oxygens (including phenoxy) is 1. The van der Waals surface area contributed by atoms with E-state index >= 15 is 0 Å². The highest BCUT2D eigenvalue weighted by atomic mass is 35.5. The molecule has 0 saturated carbocycles. The van der Waals surface area contributed by atoms with Gasteiger partial charge >= 0.3 is 0 Å². The monoisotopic (exact) mass is 536 g/mol. The first-order valence-electron chi connectivity index (χ1n) is 12.6. The van der Waals surface area contributed by atoms with Crippen LogP contribution in [0.1, 0.15) is 27.0 Å². The summed E-state index contributed by atoms with van der Waals surface area (Å²) >= 11 is 5.97. The van der Waals surface area contributed by atoms with Crippen molar-refractivity contribution < 1.29 is 14.6 Å². The summed E-state index contributed by atoms with van der Waals surface area (Å²) in [6.07, 6.45) is 1.48. The topological polar surface area (TPSA) is 89.1 Å². The highest BCUT2D eigenvalue weighted by Crippen LogP contribution is 2.20. The van der Waals surface area contributed by atoms with Crippen LogP contribution in [-0.2, 0) is 17.8 Å². The van der Waals surface area contributed by atoms with E-state index in [4.69, 9.17) is 21.4 Å². The van der Waals surface area contributed by atoms with E-state index in [0.29, 0.717) is 60.9 Å². The molecule has 2 N–H and O–H groups in total. The number of halogens is 1. The maximum absolute atomic E-state index is 13.6.